The zero-order valence-electron chi connectivity index (χ0n) is 12.8. The molecule has 2 N–H and O–H groups in total. The quantitative estimate of drug-likeness (QED) is 0.858. The standard InChI is InChI=1S/C18H18FNO3/c1-12-3-2-4-14(11-12)18(23)20-16(9-10-17(21)22)13-5-7-15(19)8-6-13/h2-8,11,16H,9-10H2,1H3,(H,20,23)(H,21,22). The Morgan fingerprint density at radius 2 is 1.87 bits per heavy atom. The number of aliphatic carboxylic acids is 1. The number of benzene rings is 2. The van der Waals surface area contributed by atoms with Crippen molar-refractivity contribution >= 4 is 11.9 Å². The number of hydrogen-bond donors (Lipinski definition) is 2. The number of halogens is 1. The lowest BCUT2D eigenvalue weighted by molar-refractivity contribution is -0.137. The van der Waals surface area contributed by atoms with Gasteiger partial charge in [-0.15, -0.1) is 0 Å². The Bertz CT molecular complexity index is 698. The Morgan fingerprint density at radius 3 is 2.48 bits per heavy atom. The molecule has 0 fully saturated rings. The van der Waals surface area contributed by atoms with Gasteiger partial charge < -0.3 is 10.4 Å². The summed E-state index contributed by atoms with van der Waals surface area (Å²) in [5.74, 6) is -1.61. The Hall–Kier alpha value is -2.69. The number of amides is 1. The van der Waals surface area contributed by atoms with Crippen LogP contribution in [0.4, 0.5) is 4.39 Å². The van der Waals surface area contributed by atoms with Crippen LogP contribution in [0.25, 0.3) is 0 Å². The van der Waals surface area contributed by atoms with E-state index in [9.17, 15) is 14.0 Å². The van der Waals surface area contributed by atoms with Gasteiger partial charge in [-0.1, -0.05) is 29.8 Å². The van der Waals surface area contributed by atoms with Crippen molar-refractivity contribution in [2.45, 2.75) is 25.8 Å². The molecule has 2 aromatic rings. The molecular formula is C18H18FNO3. The van der Waals surface area contributed by atoms with Crippen LogP contribution in [0.5, 0.6) is 0 Å². The number of carbonyl (C=O) groups excluding carboxylic acids is 1. The first-order valence-corrected chi connectivity index (χ1v) is 7.30. The summed E-state index contributed by atoms with van der Waals surface area (Å²) in [6.45, 7) is 1.89. The van der Waals surface area contributed by atoms with Crippen LogP contribution in [-0.4, -0.2) is 17.0 Å². The van der Waals surface area contributed by atoms with Gasteiger partial charge in [0.05, 0.1) is 6.04 Å². The summed E-state index contributed by atoms with van der Waals surface area (Å²) in [6, 6.07) is 12.3. The molecule has 0 aromatic heterocycles. The van der Waals surface area contributed by atoms with Gasteiger partial charge in [0.25, 0.3) is 5.91 Å². The van der Waals surface area contributed by atoms with Crippen molar-refractivity contribution in [2.24, 2.45) is 0 Å². The highest BCUT2D eigenvalue weighted by Gasteiger charge is 2.17. The molecule has 1 atom stereocenters. The number of carboxylic acids is 1. The van der Waals surface area contributed by atoms with Gasteiger partial charge in [-0.3, -0.25) is 9.59 Å². The van der Waals surface area contributed by atoms with Crippen LogP contribution in [0.15, 0.2) is 48.5 Å². The number of aryl methyl sites for hydroxylation is 1. The third kappa shape index (κ3) is 4.92. The van der Waals surface area contributed by atoms with Gasteiger partial charge >= 0.3 is 5.97 Å². The minimum Gasteiger partial charge on any atom is -0.481 e. The van der Waals surface area contributed by atoms with Crippen molar-refractivity contribution in [1.29, 1.82) is 0 Å². The molecule has 4 nitrogen and oxygen atoms in total. The lowest BCUT2D eigenvalue weighted by Gasteiger charge is -2.19. The molecule has 2 rings (SSSR count). The minimum absolute atomic E-state index is 0.0872. The third-order valence-corrected chi connectivity index (χ3v) is 3.50. The molecule has 0 heterocycles. The van der Waals surface area contributed by atoms with Gasteiger partial charge in [0, 0.05) is 12.0 Å². The minimum atomic E-state index is -0.943. The Balaban J connectivity index is 2.18. The molecule has 2 aromatic carbocycles. The second-order valence-corrected chi connectivity index (χ2v) is 5.38. The lowest BCUT2D eigenvalue weighted by atomic mass is 10.0. The van der Waals surface area contributed by atoms with Crippen molar-refractivity contribution < 1.29 is 19.1 Å². The molecule has 0 spiro atoms. The van der Waals surface area contributed by atoms with Crippen LogP contribution in [0, 0.1) is 12.7 Å². The van der Waals surface area contributed by atoms with E-state index in [0.717, 1.165) is 5.56 Å². The van der Waals surface area contributed by atoms with E-state index in [-0.39, 0.29) is 24.6 Å². The van der Waals surface area contributed by atoms with Gasteiger partial charge in [-0.2, -0.15) is 0 Å². The van der Waals surface area contributed by atoms with Gasteiger partial charge in [0.2, 0.25) is 0 Å². The van der Waals surface area contributed by atoms with E-state index in [1.54, 1.807) is 30.3 Å². The first-order valence-electron chi connectivity index (χ1n) is 7.30. The molecule has 5 heteroatoms. The average Bonchev–Trinajstić information content (AvgIpc) is 2.52. The molecule has 0 saturated carbocycles. The number of rotatable bonds is 6. The Labute approximate surface area is 134 Å². The third-order valence-electron chi connectivity index (χ3n) is 3.50. The van der Waals surface area contributed by atoms with Crippen LogP contribution in [-0.2, 0) is 4.79 Å². The molecular weight excluding hydrogens is 297 g/mol. The summed E-state index contributed by atoms with van der Waals surface area (Å²) in [5.41, 5.74) is 2.14. The molecule has 0 aliphatic rings. The maximum absolute atomic E-state index is 13.1. The molecule has 1 amide bonds. The van der Waals surface area contributed by atoms with E-state index < -0.39 is 12.0 Å². The van der Waals surface area contributed by atoms with Crippen molar-refractivity contribution in [3.63, 3.8) is 0 Å². The van der Waals surface area contributed by atoms with E-state index in [0.29, 0.717) is 11.1 Å². The van der Waals surface area contributed by atoms with E-state index in [1.807, 2.05) is 13.0 Å². The van der Waals surface area contributed by atoms with E-state index in [2.05, 4.69) is 5.32 Å². The molecule has 1 unspecified atom stereocenters. The van der Waals surface area contributed by atoms with E-state index in [4.69, 9.17) is 5.11 Å². The predicted molar refractivity (Wildman–Crippen MR) is 84.7 cm³/mol. The highest BCUT2D eigenvalue weighted by atomic mass is 19.1. The second kappa shape index (κ2) is 7.54. The number of carbonyl (C=O) groups is 2. The largest absolute Gasteiger partial charge is 0.481 e. The molecule has 0 saturated heterocycles. The van der Waals surface area contributed by atoms with Crippen LogP contribution < -0.4 is 5.32 Å². The Morgan fingerprint density at radius 1 is 1.17 bits per heavy atom. The van der Waals surface area contributed by atoms with Crippen molar-refractivity contribution in [2.75, 3.05) is 0 Å². The first-order chi connectivity index (χ1) is 11.0. The van der Waals surface area contributed by atoms with Crippen LogP contribution in [0.2, 0.25) is 0 Å². The fraction of sp³-hybridized carbons (Fsp3) is 0.222. The maximum Gasteiger partial charge on any atom is 0.303 e. The summed E-state index contributed by atoms with van der Waals surface area (Å²) in [5, 5.41) is 11.7. The SMILES string of the molecule is Cc1cccc(C(=O)NC(CCC(=O)O)c2ccc(F)cc2)c1. The molecule has 0 aliphatic heterocycles. The normalized spacial score (nSPS) is 11.7. The van der Waals surface area contributed by atoms with Crippen molar-refractivity contribution in [3.05, 3.63) is 71.0 Å². The summed E-state index contributed by atoms with van der Waals surface area (Å²) in [7, 11) is 0. The molecule has 120 valence electrons. The smallest absolute Gasteiger partial charge is 0.303 e. The summed E-state index contributed by atoms with van der Waals surface area (Å²) >= 11 is 0. The van der Waals surface area contributed by atoms with Crippen LogP contribution >= 0.6 is 0 Å². The van der Waals surface area contributed by atoms with Gasteiger partial charge in [0.15, 0.2) is 0 Å². The molecule has 0 bridgehead atoms. The highest BCUT2D eigenvalue weighted by Crippen LogP contribution is 2.20. The molecule has 23 heavy (non-hydrogen) atoms. The van der Waals surface area contributed by atoms with Gasteiger partial charge in [-0.05, 0) is 43.2 Å². The fourth-order valence-corrected chi connectivity index (χ4v) is 2.31. The summed E-state index contributed by atoms with van der Waals surface area (Å²) < 4.78 is 13.1. The molecule has 0 radical (unpaired) electrons. The van der Waals surface area contributed by atoms with Crippen molar-refractivity contribution in [1.82, 2.24) is 5.32 Å². The van der Waals surface area contributed by atoms with E-state index >= 15 is 0 Å². The van der Waals surface area contributed by atoms with Crippen molar-refractivity contribution in [3.8, 4) is 0 Å². The fourth-order valence-electron chi connectivity index (χ4n) is 2.31. The summed E-state index contributed by atoms with van der Waals surface area (Å²) in [4.78, 5) is 23.2. The highest BCUT2D eigenvalue weighted by molar-refractivity contribution is 5.94. The zero-order valence-corrected chi connectivity index (χ0v) is 12.8. The summed E-state index contributed by atoms with van der Waals surface area (Å²) in [6.07, 6.45) is 0.147. The van der Waals surface area contributed by atoms with Gasteiger partial charge in [0.1, 0.15) is 5.82 Å². The second-order valence-electron chi connectivity index (χ2n) is 5.38. The van der Waals surface area contributed by atoms with Crippen LogP contribution in [0.3, 0.4) is 0 Å². The number of nitrogens with one attached hydrogen (secondary N) is 1. The number of hydrogen-bond acceptors (Lipinski definition) is 2. The predicted octanol–water partition coefficient (Wildman–Crippen LogP) is 3.47. The Kier molecular flexibility index (Phi) is 5.46. The first kappa shape index (κ1) is 16.7. The van der Waals surface area contributed by atoms with E-state index in [1.165, 1.54) is 12.1 Å². The molecule has 0 aliphatic carbocycles. The van der Waals surface area contributed by atoms with Crippen LogP contribution in [0.1, 0.15) is 40.4 Å². The number of carboxylic acid groups (broad SMARTS) is 1. The zero-order chi connectivity index (χ0) is 16.8. The monoisotopic (exact) mass is 315 g/mol. The van der Waals surface area contributed by atoms with Gasteiger partial charge in [-0.25, -0.2) is 4.39 Å². The lowest BCUT2D eigenvalue weighted by Crippen LogP contribution is -2.29. The maximum atomic E-state index is 13.1. The average molecular weight is 315 g/mol. The topological polar surface area (TPSA) is 66.4 Å².